The van der Waals surface area contributed by atoms with Crippen LogP contribution in [-0.2, 0) is 19.4 Å². The van der Waals surface area contributed by atoms with Gasteiger partial charge in [-0.05, 0) is 48.2 Å². The number of ether oxygens (including phenoxy) is 1. The molecule has 0 aromatic heterocycles. The van der Waals surface area contributed by atoms with E-state index in [1.165, 1.54) is 23.3 Å². The summed E-state index contributed by atoms with van der Waals surface area (Å²) in [5.74, 6) is 0.845. The van der Waals surface area contributed by atoms with E-state index in [0.717, 1.165) is 37.3 Å². The van der Waals surface area contributed by atoms with Gasteiger partial charge in [0.05, 0.1) is 6.61 Å². The first kappa shape index (κ1) is 14.1. The third-order valence-electron chi connectivity index (χ3n) is 3.86. The van der Waals surface area contributed by atoms with E-state index >= 15 is 0 Å². The molecule has 0 spiro atoms. The second kappa shape index (κ2) is 6.27. The van der Waals surface area contributed by atoms with Crippen LogP contribution in [0.1, 0.15) is 23.6 Å². The van der Waals surface area contributed by atoms with E-state index in [2.05, 4.69) is 30.4 Å². The Morgan fingerprint density at radius 2 is 1.90 bits per heavy atom. The standard InChI is InChI=1S/C18H20FNO/c1-13(10-14-2-5-17(19)6-3-14)20-12-15-4-7-18-16(11-15)8-9-21-18/h2-7,11,13,20H,8-10,12H2,1H3. The quantitative estimate of drug-likeness (QED) is 0.908. The van der Waals surface area contributed by atoms with E-state index in [-0.39, 0.29) is 5.82 Å². The Labute approximate surface area is 125 Å². The van der Waals surface area contributed by atoms with Crippen molar-refractivity contribution < 1.29 is 9.13 Å². The lowest BCUT2D eigenvalue weighted by Crippen LogP contribution is -2.27. The predicted octanol–water partition coefficient (Wildman–Crippen LogP) is 3.48. The summed E-state index contributed by atoms with van der Waals surface area (Å²) >= 11 is 0. The summed E-state index contributed by atoms with van der Waals surface area (Å²) in [7, 11) is 0. The average Bonchev–Trinajstić information content (AvgIpc) is 2.95. The molecule has 1 aliphatic heterocycles. The SMILES string of the molecule is CC(Cc1ccc(F)cc1)NCc1ccc2c(c1)CCO2. The number of nitrogens with one attached hydrogen (secondary N) is 1. The van der Waals surface area contributed by atoms with E-state index in [4.69, 9.17) is 4.74 Å². The van der Waals surface area contributed by atoms with Gasteiger partial charge in [-0.15, -0.1) is 0 Å². The van der Waals surface area contributed by atoms with Crippen molar-refractivity contribution in [2.24, 2.45) is 0 Å². The van der Waals surface area contributed by atoms with Crippen molar-refractivity contribution in [2.45, 2.75) is 32.4 Å². The zero-order chi connectivity index (χ0) is 14.7. The average molecular weight is 285 g/mol. The molecular formula is C18H20FNO. The highest BCUT2D eigenvalue weighted by Crippen LogP contribution is 2.25. The summed E-state index contributed by atoms with van der Waals surface area (Å²) in [4.78, 5) is 0. The lowest BCUT2D eigenvalue weighted by Gasteiger charge is -2.14. The van der Waals surface area contributed by atoms with Gasteiger partial charge in [0.15, 0.2) is 0 Å². The van der Waals surface area contributed by atoms with E-state index in [1.54, 1.807) is 0 Å². The van der Waals surface area contributed by atoms with E-state index < -0.39 is 0 Å². The van der Waals surface area contributed by atoms with E-state index in [9.17, 15) is 4.39 Å². The number of rotatable bonds is 5. The molecule has 3 heteroatoms. The van der Waals surface area contributed by atoms with Crippen molar-refractivity contribution in [3.8, 4) is 5.75 Å². The zero-order valence-corrected chi connectivity index (χ0v) is 12.2. The van der Waals surface area contributed by atoms with Crippen LogP contribution in [0.4, 0.5) is 4.39 Å². The summed E-state index contributed by atoms with van der Waals surface area (Å²) in [5.41, 5.74) is 3.74. The normalized spacial score (nSPS) is 14.6. The Morgan fingerprint density at radius 3 is 2.71 bits per heavy atom. The summed E-state index contributed by atoms with van der Waals surface area (Å²) in [6.07, 6.45) is 1.91. The molecule has 2 aromatic rings. The topological polar surface area (TPSA) is 21.3 Å². The Morgan fingerprint density at radius 1 is 1.14 bits per heavy atom. The van der Waals surface area contributed by atoms with Crippen molar-refractivity contribution in [2.75, 3.05) is 6.61 Å². The zero-order valence-electron chi connectivity index (χ0n) is 12.2. The van der Waals surface area contributed by atoms with Crippen LogP contribution in [0, 0.1) is 5.82 Å². The summed E-state index contributed by atoms with van der Waals surface area (Å²) in [5, 5.41) is 3.52. The van der Waals surface area contributed by atoms with Gasteiger partial charge in [-0.2, -0.15) is 0 Å². The summed E-state index contributed by atoms with van der Waals surface area (Å²) < 4.78 is 18.4. The van der Waals surface area contributed by atoms with Gasteiger partial charge in [0.1, 0.15) is 11.6 Å². The third kappa shape index (κ3) is 3.61. The number of hydrogen-bond donors (Lipinski definition) is 1. The molecule has 1 atom stereocenters. The van der Waals surface area contributed by atoms with Crippen LogP contribution in [0.15, 0.2) is 42.5 Å². The summed E-state index contributed by atoms with van der Waals surface area (Å²) in [6, 6.07) is 13.5. The van der Waals surface area contributed by atoms with Crippen LogP contribution in [-0.4, -0.2) is 12.6 Å². The van der Waals surface area contributed by atoms with Crippen LogP contribution in [0.25, 0.3) is 0 Å². The molecule has 2 nitrogen and oxygen atoms in total. The smallest absolute Gasteiger partial charge is 0.123 e. The highest BCUT2D eigenvalue weighted by molar-refractivity contribution is 5.39. The Bertz CT molecular complexity index is 609. The molecule has 0 bridgehead atoms. The molecule has 110 valence electrons. The number of hydrogen-bond acceptors (Lipinski definition) is 2. The Kier molecular flexibility index (Phi) is 4.20. The van der Waals surface area contributed by atoms with Crippen LogP contribution >= 0.6 is 0 Å². The second-order valence-electron chi connectivity index (χ2n) is 5.65. The van der Waals surface area contributed by atoms with Crippen molar-refractivity contribution in [1.82, 2.24) is 5.32 Å². The van der Waals surface area contributed by atoms with Gasteiger partial charge in [-0.25, -0.2) is 4.39 Å². The fourth-order valence-electron chi connectivity index (χ4n) is 2.69. The third-order valence-corrected chi connectivity index (χ3v) is 3.86. The molecule has 0 aliphatic carbocycles. The Balaban J connectivity index is 1.53. The van der Waals surface area contributed by atoms with Crippen LogP contribution in [0.2, 0.25) is 0 Å². The highest BCUT2D eigenvalue weighted by Gasteiger charge is 2.12. The van der Waals surface area contributed by atoms with Gasteiger partial charge >= 0.3 is 0 Å². The van der Waals surface area contributed by atoms with Crippen molar-refractivity contribution >= 4 is 0 Å². The molecule has 2 aromatic carbocycles. The molecule has 0 amide bonds. The molecule has 0 fully saturated rings. The Hall–Kier alpha value is -1.87. The molecule has 0 saturated heterocycles. The van der Waals surface area contributed by atoms with Gasteiger partial charge in [-0.3, -0.25) is 0 Å². The first-order valence-electron chi connectivity index (χ1n) is 7.43. The number of halogens is 1. The summed E-state index contributed by atoms with van der Waals surface area (Å²) in [6.45, 7) is 3.79. The fourth-order valence-corrected chi connectivity index (χ4v) is 2.69. The molecule has 1 unspecified atom stereocenters. The molecule has 1 N–H and O–H groups in total. The molecule has 21 heavy (non-hydrogen) atoms. The molecule has 1 heterocycles. The molecule has 3 rings (SSSR count). The monoisotopic (exact) mass is 285 g/mol. The predicted molar refractivity (Wildman–Crippen MR) is 82.0 cm³/mol. The van der Waals surface area contributed by atoms with Gasteiger partial charge in [0.2, 0.25) is 0 Å². The van der Waals surface area contributed by atoms with Crippen molar-refractivity contribution in [3.63, 3.8) is 0 Å². The van der Waals surface area contributed by atoms with Crippen molar-refractivity contribution in [3.05, 3.63) is 65.0 Å². The van der Waals surface area contributed by atoms with Gasteiger partial charge in [0, 0.05) is 19.0 Å². The largest absolute Gasteiger partial charge is 0.493 e. The maximum Gasteiger partial charge on any atom is 0.123 e. The minimum absolute atomic E-state index is 0.181. The van der Waals surface area contributed by atoms with Crippen molar-refractivity contribution in [1.29, 1.82) is 0 Å². The first-order chi connectivity index (χ1) is 10.2. The van der Waals surface area contributed by atoms with Crippen LogP contribution in [0.5, 0.6) is 5.75 Å². The first-order valence-corrected chi connectivity index (χ1v) is 7.43. The second-order valence-corrected chi connectivity index (χ2v) is 5.65. The minimum Gasteiger partial charge on any atom is -0.493 e. The van der Waals surface area contributed by atoms with Gasteiger partial charge in [0.25, 0.3) is 0 Å². The maximum absolute atomic E-state index is 12.9. The van der Waals surface area contributed by atoms with Crippen LogP contribution < -0.4 is 10.1 Å². The van der Waals surface area contributed by atoms with Crippen LogP contribution in [0.3, 0.4) is 0 Å². The maximum atomic E-state index is 12.9. The highest BCUT2D eigenvalue weighted by atomic mass is 19.1. The molecule has 1 aliphatic rings. The van der Waals surface area contributed by atoms with Gasteiger partial charge in [-0.1, -0.05) is 24.3 Å². The lowest BCUT2D eigenvalue weighted by molar-refractivity contribution is 0.357. The minimum atomic E-state index is -0.181. The molecule has 0 radical (unpaired) electrons. The lowest BCUT2D eigenvalue weighted by atomic mass is 10.1. The van der Waals surface area contributed by atoms with E-state index in [0.29, 0.717) is 6.04 Å². The van der Waals surface area contributed by atoms with Gasteiger partial charge < -0.3 is 10.1 Å². The number of benzene rings is 2. The molecular weight excluding hydrogens is 265 g/mol. The molecule has 0 saturated carbocycles. The van der Waals surface area contributed by atoms with E-state index in [1.807, 2.05) is 12.1 Å². The number of fused-ring (bicyclic) bond motifs is 1. The fraction of sp³-hybridized carbons (Fsp3) is 0.333.